The van der Waals surface area contributed by atoms with E-state index in [2.05, 4.69) is 22.4 Å². The molecular formula is C30H36F2N4O2. The molecule has 0 radical (unpaired) electrons. The summed E-state index contributed by atoms with van der Waals surface area (Å²) in [6.07, 6.45) is 6.55. The van der Waals surface area contributed by atoms with Crippen molar-refractivity contribution in [1.29, 1.82) is 5.26 Å². The summed E-state index contributed by atoms with van der Waals surface area (Å²) in [6, 6.07) is 10.3. The smallest absolute Gasteiger partial charge is 0.257 e. The third-order valence-electron chi connectivity index (χ3n) is 8.62. The van der Waals surface area contributed by atoms with Gasteiger partial charge >= 0.3 is 0 Å². The number of nitriles is 1. The van der Waals surface area contributed by atoms with E-state index in [-0.39, 0.29) is 18.2 Å². The van der Waals surface area contributed by atoms with Crippen molar-refractivity contribution in [2.75, 3.05) is 26.2 Å². The van der Waals surface area contributed by atoms with Crippen LogP contribution in [-0.2, 0) is 16.1 Å². The summed E-state index contributed by atoms with van der Waals surface area (Å²) >= 11 is 0. The zero-order valence-corrected chi connectivity index (χ0v) is 22.0. The van der Waals surface area contributed by atoms with Crippen LogP contribution in [0.2, 0.25) is 0 Å². The van der Waals surface area contributed by atoms with Gasteiger partial charge in [0.25, 0.3) is 5.91 Å². The molecule has 0 bridgehead atoms. The van der Waals surface area contributed by atoms with Gasteiger partial charge in [0.1, 0.15) is 12.1 Å². The second-order valence-electron chi connectivity index (χ2n) is 11.0. The normalized spacial score (nSPS) is 27.1. The first-order valence-corrected chi connectivity index (χ1v) is 13.6. The number of hydrogen-bond donors (Lipinski definition) is 0. The van der Waals surface area contributed by atoms with Crippen LogP contribution in [0, 0.1) is 11.3 Å². The third kappa shape index (κ3) is 5.33. The number of carbonyl (C=O) groups is 1. The number of benzene rings is 1. The molecule has 38 heavy (non-hydrogen) atoms. The second-order valence-corrected chi connectivity index (χ2v) is 11.0. The predicted octanol–water partition coefficient (Wildman–Crippen LogP) is 4.99. The van der Waals surface area contributed by atoms with E-state index in [1.165, 1.54) is 13.0 Å². The fourth-order valence-electron chi connectivity index (χ4n) is 6.62. The first kappa shape index (κ1) is 26.7. The molecule has 0 unspecified atom stereocenters. The Labute approximate surface area is 223 Å². The maximum absolute atomic E-state index is 14.1. The summed E-state index contributed by atoms with van der Waals surface area (Å²) in [4.78, 5) is 20.3. The number of carbonyl (C=O) groups excluding carboxylic acids is 1. The molecular weight excluding hydrogens is 486 g/mol. The minimum atomic E-state index is -0.806. The van der Waals surface area contributed by atoms with E-state index in [9.17, 15) is 18.8 Å². The van der Waals surface area contributed by atoms with Gasteiger partial charge in [-0.05, 0) is 81.8 Å². The average Bonchev–Trinajstić information content (AvgIpc) is 3.42. The van der Waals surface area contributed by atoms with E-state index in [4.69, 9.17) is 4.74 Å². The van der Waals surface area contributed by atoms with Gasteiger partial charge in [-0.15, -0.1) is 0 Å². The van der Waals surface area contributed by atoms with Gasteiger partial charge in [0.05, 0.1) is 23.5 Å². The molecule has 0 N–H and O–H groups in total. The summed E-state index contributed by atoms with van der Waals surface area (Å²) in [5.41, 5.74) is 1.49. The van der Waals surface area contributed by atoms with E-state index in [0.29, 0.717) is 37.3 Å². The SMILES string of the molecule is C=C(/C=C(F)\C=C(/C)F)[C@@H]1CC[C@H]2OC3(CCN(C4CCN(Cc5ccccc5C#N)CC4)CC3)C(=O)N21. The number of fused-ring (bicyclic) bond motifs is 1. The topological polar surface area (TPSA) is 59.8 Å². The number of ether oxygens (including phenoxy) is 1. The Bertz CT molecular complexity index is 1170. The molecule has 1 aromatic carbocycles. The van der Waals surface area contributed by atoms with E-state index in [1.54, 1.807) is 4.90 Å². The molecule has 0 aromatic heterocycles. The van der Waals surface area contributed by atoms with E-state index in [1.807, 2.05) is 24.3 Å². The van der Waals surface area contributed by atoms with Crippen LogP contribution in [0.1, 0.15) is 56.6 Å². The lowest BCUT2D eigenvalue weighted by atomic mass is 9.88. The first-order chi connectivity index (χ1) is 18.3. The number of hydrogen-bond acceptors (Lipinski definition) is 5. The van der Waals surface area contributed by atoms with Crippen molar-refractivity contribution >= 4 is 5.91 Å². The highest BCUT2D eigenvalue weighted by Gasteiger charge is 2.58. The highest BCUT2D eigenvalue weighted by Crippen LogP contribution is 2.45. The molecule has 202 valence electrons. The standard InChI is InChI=1S/C30H36F2N4O2/c1-21(17-25(32)18-22(2)31)27-7-8-28-36(27)29(37)30(38-28)11-15-35(16-12-30)26-9-13-34(14-10-26)20-24-6-4-3-5-23(24)19-33/h3-6,17-18,26-28H,1,7-16,20H2,2H3/b22-18+,25-17+/t27-,28+/m0/s1. The van der Waals surface area contributed by atoms with Crippen molar-refractivity contribution in [1.82, 2.24) is 14.7 Å². The highest BCUT2D eigenvalue weighted by molar-refractivity contribution is 5.88. The zero-order chi connectivity index (χ0) is 26.9. The Morgan fingerprint density at radius 1 is 1.13 bits per heavy atom. The van der Waals surface area contributed by atoms with Gasteiger partial charge in [0, 0.05) is 31.8 Å². The molecule has 6 nitrogen and oxygen atoms in total. The minimum Gasteiger partial charge on any atom is -0.342 e. The number of rotatable bonds is 6. The van der Waals surface area contributed by atoms with E-state index >= 15 is 0 Å². The van der Waals surface area contributed by atoms with Crippen molar-refractivity contribution in [3.05, 3.63) is 71.4 Å². The van der Waals surface area contributed by atoms with Gasteiger partial charge in [-0.3, -0.25) is 9.69 Å². The summed E-state index contributed by atoms with van der Waals surface area (Å²) in [5.74, 6) is -1.32. The maximum Gasteiger partial charge on any atom is 0.257 e. The Balaban J connectivity index is 1.15. The number of halogens is 2. The summed E-state index contributed by atoms with van der Waals surface area (Å²) in [7, 11) is 0. The van der Waals surface area contributed by atoms with Crippen molar-refractivity contribution in [2.24, 2.45) is 0 Å². The number of piperidine rings is 2. The Morgan fingerprint density at radius 2 is 1.84 bits per heavy atom. The lowest BCUT2D eigenvalue weighted by molar-refractivity contribution is -0.144. The Hall–Kier alpha value is -2.86. The average molecular weight is 523 g/mol. The molecule has 0 saturated carbocycles. The van der Waals surface area contributed by atoms with Gasteiger partial charge in [0.2, 0.25) is 0 Å². The molecule has 8 heteroatoms. The van der Waals surface area contributed by atoms with Crippen molar-refractivity contribution in [2.45, 2.75) is 75.9 Å². The van der Waals surface area contributed by atoms with Crippen molar-refractivity contribution in [3.8, 4) is 6.07 Å². The van der Waals surface area contributed by atoms with Crippen molar-refractivity contribution < 1.29 is 18.3 Å². The van der Waals surface area contributed by atoms with Gasteiger partial charge in [-0.2, -0.15) is 5.26 Å². The molecule has 2 atom stereocenters. The zero-order valence-electron chi connectivity index (χ0n) is 22.0. The molecule has 4 saturated heterocycles. The monoisotopic (exact) mass is 522 g/mol. The number of nitrogens with zero attached hydrogens (tertiary/aromatic N) is 4. The van der Waals surface area contributed by atoms with Crippen LogP contribution in [0.3, 0.4) is 0 Å². The molecule has 4 fully saturated rings. The van der Waals surface area contributed by atoms with E-state index < -0.39 is 17.3 Å². The maximum atomic E-state index is 14.1. The van der Waals surface area contributed by atoms with E-state index in [0.717, 1.165) is 62.8 Å². The van der Waals surface area contributed by atoms with Crippen LogP contribution in [0.5, 0.6) is 0 Å². The largest absolute Gasteiger partial charge is 0.342 e. The molecule has 1 aromatic rings. The summed E-state index contributed by atoms with van der Waals surface area (Å²) in [6.45, 7) is 9.58. The minimum absolute atomic E-state index is 0.0113. The lowest BCUT2D eigenvalue weighted by Gasteiger charge is -2.44. The van der Waals surface area contributed by atoms with Crippen LogP contribution >= 0.6 is 0 Å². The fraction of sp³-hybridized carbons (Fsp3) is 0.533. The molecule has 1 spiro atoms. The van der Waals surface area contributed by atoms with Crippen molar-refractivity contribution in [3.63, 3.8) is 0 Å². The fourth-order valence-corrected chi connectivity index (χ4v) is 6.62. The van der Waals surface area contributed by atoms with Crippen LogP contribution < -0.4 is 0 Å². The van der Waals surface area contributed by atoms with Gasteiger partial charge < -0.3 is 14.5 Å². The first-order valence-electron chi connectivity index (χ1n) is 13.6. The van der Waals surface area contributed by atoms with Crippen LogP contribution in [-0.4, -0.2) is 70.7 Å². The predicted molar refractivity (Wildman–Crippen MR) is 141 cm³/mol. The number of amides is 1. The summed E-state index contributed by atoms with van der Waals surface area (Å²) < 4.78 is 33.5. The third-order valence-corrected chi connectivity index (χ3v) is 8.62. The summed E-state index contributed by atoms with van der Waals surface area (Å²) in [5, 5.41) is 9.37. The molecule has 4 aliphatic heterocycles. The molecule has 1 amide bonds. The highest BCUT2D eigenvalue weighted by atomic mass is 19.1. The second kappa shape index (κ2) is 11.1. The Kier molecular flexibility index (Phi) is 7.80. The van der Waals surface area contributed by atoms with Crippen LogP contribution in [0.4, 0.5) is 8.78 Å². The Morgan fingerprint density at radius 3 is 2.53 bits per heavy atom. The van der Waals surface area contributed by atoms with Gasteiger partial charge in [-0.1, -0.05) is 24.8 Å². The van der Waals surface area contributed by atoms with Crippen LogP contribution in [0.25, 0.3) is 0 Å². The molecule has 5 rings (SSSR count). The molecule has 0 aliphatic carbocycles. The molecule has 4 heterocycles. The van der Waals surface area contributed by atoms with Gasteiger partial charge in [-0.25, -0.2) is 8.78 Å². The number of allylic oxidation sites excluding steroid dienone is 3. The quantitative estimate of drug-likeness (QED) is 0.493. The number of likely N-dealkylation sites (tertiary alicyclic amines) is 2. The lowest BCUT2D eigenvalue weighted by Crippen LogP contribution is -2.54. The van der Waals surface area contributed by atoms with Gasteiger partial charge in [0.15, 0.2) is 5.60 Å². The van der Waals surface area contributed by atoms with Crippen LogP contribution in [0.15, 0.2) is 60.2 Å². The molecule has 4 aliphatic rings.